The van der Waals surface area contributed by atoms with E-state index in [2.05, 4.69) is 79.7 Å². The molecule has 1 unspecified atom stereocenters. The largest absolute Gasteiger partial charge is 0.178 e. The summed E-state index contributed by atoms with van der Waals surface area (Å²) in [6.07, 6.45) is 9.96. The van der Waals surface area contributed by atoms with Crippen LogP contribution >= 0.6 is 11.1 Å². The Morgan fingerprint density at radius 1 is 0.750 bits per heavy atom. The van der Waals surface area contributed by atoms with Crippen LogP contribution in [0.3, 0.4) is 0 Å². The Labute approximate surface area is 152 Å². The molecule has 3 atom stereocenters. The first kappa shape index (κ1) is 17.5. The lowest BCUT2D eigenvalue weighted by Gasteiger charge is -2.33. The van der Waals surface area contributed by atoms with Gasteiger partial charge in [0.2, 0.25) is 0 Å². The van der Waals surface area contributed by atoms with Crippen molar-refractivity contribution in [2.24, 2.45) is 0 Å². The number of rotatable bonds is 7. The van der Waals surface area contributed by atoms with Crippen molar-refractivity contribution in [1.29, 1.82) is 0 Å². The van der Waals surface area contributed by atoms with E-state index < -0.39 is 7.38 Å². The van der Waals surface area contributed by atoms with Crippen LogP contribution in [0.15, 0.2) is 72.8 Å². The number of unbranched alkanes of at least 4 members (excludes halogenated alkanes) is 3. The Balaban J connectivity index is 1.88. The highest BCUT2D eigenvalue weighted by Gasteiger charge is 2.48. The van der Waals surface area contributed by atoms with Crippen LogP contribution in [-0.2, 0) is 0 Å². The molecule has 1 aliphatic heterocycles. The van der Waals surface area contributed by atoms with Crippen molar-refractivity contribution in [3.05, 3.63) is 83.9 Å². The summed E-state index contributed by atoms with van der Waals surface area (Å²) in [4.78, 5) is 0. The zero-order valence-electron chi connectivity index (χ0n) is 14.5. The summed E-state index contributed by atoms with van der Waals surface area (Å²) < 4.78 is 0. The molecule has 126 valence electrons. The van der Waals surface area contributed by atoms with Crippen LogP contribution in [0.2, 0.25) is 6.04 Å². The van der Waals surface area contributed by atoms with E-state index in [1.54, 1.807) is 0 Å². The van der Waals surface area contributed by atoms with Gasteiger partial charge in [-0.25, -0.2) is 0 Å². The van der Waals surface area contributed by atoms with Crippen molar-refractivity contribution >= 4 is 18.5 Å². The van der Waals surface area contributed by atoms with E-state index >= 15 is 0 Å². The van der Waals surface area contributed by atoms with Crippen LogP contribution in [0, 0.1) is 0 Å². The van der Waals surface area contributed by atoms with Crippen molar-refractivity contribution < 1.29 is 0 Å². The number of hydrogen-bond donors (Lipinski definition) is 0. The summed E-state index contributed by atoms with van der Waals surface area (Å²) in [5, 5.41) is 0. The van der Waals surface area contributed by atoms with E-state index in [0.717, 1.165) is 0 Å². The maximum atomic E-state index is 7.53. The van der Waals surface area contributed by atoms with Gasteiger partial charge in [0, 0.05) is 11.1 Å². The lowest BCUT2D eigenvalue weighted by Crippen LogP contribution is -2.38. The van der Waals surface area contributed by atoms with Crippen molar-refractivity contribution in [1.82, 2.24) is 0 Å². The maximum absolute atomic E-state index is 7.53. The molecule has 0 saturated heterocycles. The van der Waals surface area contributed by atoms with Gasteiger partial charge in [0.25, 0.3) is 0 Å². The van der Waals surface area contributed by atoms with Gasteiger partial charge in [0.05, 0.1) is 0 Å². The monoisotopic (exact) mass is 354 g/mol. The molecule has 1 heterocycles. The van der Waals surface area contributed by atoms with Gasteiger partial charge in [-0.15, -0.1) is 0 Å². The predicted octanol–water partition coefficient (Wildman–Crippen LogP) is 6.97. The second kappa shape index (κ2) is 8.18. The number of halogens is 1. The Morgan fingerprint density at radius 2 is 1.25 bits per heavy atom. The highest BCUT2D eigenvalue weighted by atomic mass is 35.6. The van der Waals surface area contributed by atoms with Gasteiger partial charge in [0.1, 0.15) is 0 Å². The summed E-state index contributed by atoms with van der Waals surface area (Å²) in [5.74, 6) is 0. The van der Waals surface area contributed by atoms with Crippen LogP contribution < -0.4 is 0 Å². The van der Waals surface area contributed by atoms with E-state index in [-0.39, 0.29) is 0 Å². The van der Waals surface area contributed by atoms with E-state index in [9.17, 15) is 0 Å². The van der Waals surface area contributed by atoms with Gasteiger partial charge < -0.3 is 0 Å². The molecule has 0 nitrogen and oxygen atoms in total. The average molecular weight is 355 g/mol. The summed E-state index contributed by atoms with van der Waals surface area (Å²) in [6.45, 7) is 2.27. The van der Waals surface area contributed by atoms with Gasteiger partial charge in [-0.05, 0) is 17.2 Å². The second-order valence-electron chi connectivity index (χ2n) is 6.90. The van der Waals surface area contributed by atoms with Gasteiger partial charge in [-0.3, -0.25) is 0 Å². The van der Waals surface area contributed by atoms with E-state index in [1.807, 2.05) is 0 Å². The standard InChI is InChI=1S/C22H27ClSi/c1-2-3-4-11-18-24(23)21(19-12-7-5-8-13-19)16-17-22(24)20-14-9-6-10-15-20/h5-10,12-17,21-22H,2-4,11,18H2,1H3/t21-,22+,24?. The molecule has 2 aromatic rings. The minimum atomic E-state index is -2.02. The van der Waals surface area contributed by atoms with Crippen molar-refractivity contribution in [3.63, 3.8) is 0 Å². The van der Waals surface area contributed by atoms with Crippen LogP contribution in [0.25, 0.3) is 0 Å². The molecule has 0 N–H and O–H groups in total. The fourth-order valence-corrected chi connectivity index (χ4v) is 9.72. The SMILES string of the molecule is CCCCCC[Si]1(Cl)[C@@H](c2ccccc2)C=C[C@H]1c1ccccc1. The Hall–Kier alpha value is -1.31. The normalized spacial score (nSPS) is 25.9. The quantitative estimate of drug-likeness (QED) is 0.218. The molecule has 3 rings (SSSR count). The lowest BCUT2D eigenvalue weighted by molar-refractivity contribution is 0.694. The molecule has 0 radical (unpaired) electrons. The number of hydrogen-bond acceptors (Lipinski definition) is 0. The first-order valence-electron chi connectivity index (χ1n) is 9.23. The fraction of sp³-hybridized carbons (Fsp3) is 0.364. The van der Waals surface area contributed by atoms with E-state index in [0.29, 0.717) is 11.1 Å². The average Bonchev–Trinajstić information content (AvgIpc) is 2.97. The van der Waals surface area contributed by atoms with Gasteiger partial charge in [0.15, 0.2) is 7.38 Å². The zero-order chi connectivity index (χ0) is 16.8. The molecule has 24 heavy (non-hydrogen) atoms. The molecule has 0 amide bonds. The summed E-state index contributed by atoms with van der Waals surface area (Å²) in [7, 11) is -2.02. The number of benzene rings is 2. The van der Waals surface area contributed by atoms with E-state index in [1.165, 1.54) is 42.9 Å². The molecule has 0 aromatic heterocycles. The van der Waals surface area contributed by atoms with Crippen molar-refractivity contribution in [3.8, 4) is 0 Å². The third-order valence-corrected chi connectivity index (χ3v) is 11.5. The molecule has 2 aromatic carbocycles. The Bertz CT molecular complexity index is 601. The van der Waals surface area contributed by atoms with E-state index in [4.69, 9.17) is 11.1 Å². The zero-order valence-corrected chi connectivity index (χ0v) is 16.3. The van der Waals surface area contributed by atoms with Crippen molar-refractivity contribution in [2.45, 2.75) is 49.7 Å². The molecule has 0 aliphatic carbocycles. The van der Waals surface area contributed by atoms with Crippen molar-refractivity contribution in [2.75, 3.05) is 0 Å². The molecular formula is C22H27ClSi. The van der Waals surface area contributed by atoms with Crippen LogP contribution in [0.5, 0.6) is 0 Å². The first-order valence-corrected chi connectivity index (χ1v) is 12.6. The van der Waals surface area contributed by atoms with Crippen LogP contribution in [0.1, 0.15) is 54.8 Å². The molecule has 0 bridgehead atoms. The Morgan fingerprint density at radius 3 is 1.71 bits per heavy atom. The Kier molecular flexibility index (Phi) is 5.97. The van der Waals surface area contributed by atoms with Gasteiger partial charge in [-0.1, -0.05) is 105 Å². The van der Waals surface area contributed by atoms with Gasteiger partial charge >= 0.3 is 0 Å². The summed E-state index contributed by atoms with van der Waals surface area (Å²) in [5.41, 5.74) is 3.63. The molecule has 2 heteroatoms. The summed E-state index contributed by atoms with van der Waals surface area (Å²) in [6, 6.07) is 22.9. The third kappa shape index (κ3) is 3.68. The lowest BCUT2D eigenvalue weighted by atomic mass is 10.1. The number of allylic oxidation sites excluding steroid dienone is 2. The van der Waals surface area contributed by atoms with Gasteiger partial charge in [-0.2, -0.15) is 11.1 Å². The molecule has 0 fully saturated rings. The highest BCUT2D eigenvalue weighted by molar-refractivity contribution is 7.22. The first-order chi connectivity index (χ1) is 11.8. The topological polar surface area (TPSA) is 0 Å². The minimum absolute atomic E-state index is 0.423. The molecular weight excluding hydrogens is 328 g/mol. The molecule has 0 saturated carbocycles. The predicted molar refractivity (Wildman–Crippen MR) is 108 cm³/mol. The minimum Gasteiger partial charge on any atom is -0.165 e. The van der Waals surface area contributed by atoms with Crippen LogP contribution in [-0.4, -0.2) is 7.38 Å². The smallest absolute Gasteiger partial charge is 0.165 e. The summed E-state index contributed by atoms with van der Waals surface area (Å²) >= 11 is 7.53. The fourth-order valence-electron chi connectivity index (χ4n) is 3.97. The second-order valence-corrected chi connectivity index (χ2v) is 12.6. The third-order valence-electron chi connectivity index (χ3n) is 5.26. The molecule has 0 spiro atoms. The molecule has 1 aliphatic rings. The maximum Gasteiger partial charge on any atom is 0.178 e. The highest BCUT2D eigenvalue weighted by Crippen LogP contribution is 2.50. The van der Waals surface area contributed by atoms with Crippen LogP contribution in [0.4, 0.5) is 0 Å².